The number of likely N-dealkylation sites (tertiary alicyclic amines) is 1. The second-order valence-electron chi connectivity index (χ2n) is 6.15. The number of benzene rings is 2. The highest BCUT2D eigenvalue weighted by Gasteiger charge is 2.33. The lowest BCUT2D eigenvalue weighted by molar-refractivity contribution is -0.00242. The first kappa shape index (κ1) is 16.2. The zero-order chi connectivity index (χ0) is 16.1. The molecule has 0 aromatic heterocycles. The summed E-state index contributed by atoms with van der Waals surface area (Å²) in [7, 11) is 0. The third-order valence-electron chi connectivity index (χ3n) is 4.54. The molecule has 0 amide bonds. The molecule has 0 unspecified atom stereocenters. The SMILES string of the molecule is CCO[C@@H]1CN(CC(c2ccccc2)c2ccccc2)C[C@H]1O. The Morgan fingerprint density at radius 1 is 1.00 bits per heavy atom. The summed E-state index contributed by atoms with van der Waals surface area (Å²) in [6.45, 7) is 5.00. The predicted octanol–water partition coefficient (Wildman–Crippen LogP) is 2.90. The van der Waals surface area contributed by atoms with Crippen molar-refractivity contribution in [2.75, 3.05) is 26.2 Å². The van der Waals surface area contributed by atoms with Crippen molar-refractivity contribution in [1.29, 1.82) is 0 Å². The lowest BCUT2D eigenvalue weighted by atomic mass is 9.91. The van der Waals surface area contributed by atoms with Gasteiger partial charge in [0.2, 0.25) is 0 Å². The summed E-state index contributed by atoms with van der Waals surface area (Å²) in [5.74, 6) is 0.310. The molecule has 1 N–H and O–H groups in total. The van der Waals surface area contributed by atoms with E-state index in [0.717, 1.165) is 13.1 Å². The smallest absolute Gasteiger partial charge is 0.0972 e. The molecule has 122 valence electrons. The van der Waals surface area contributed by atoms with Gasteiger partial charge in [0.25, 0.3) is 0 Å². The first-order chi connectivity index (χ1) is 11.3. The van der Waals surface area contributed by atoms with E-state index in [0.29, 0.717) is 19.1 Å². The molecule has 1 fully saturated rings. The molecule has 0 aliphatic carbocycles. The maximum atomic E-state index is 10.2. The minimum absolute atomic E-state index is 0.0628. The summed E-state index contributed by atoms with van der Waals surface area (Å²) in [5, 5.41) is 10.2. The Morgan fingerprint density at radius 3 is 2.09 bits per heavy atom. The first-order valence-electron chi connectivity index (χ1n) is 8.40. The second-order valence-corrected chi connectivity index (χ2v) is 6.15. The van der Waals surface area contributed by atoms with Crippen molar-refractivity contribution >= 4 is 0 Å². The number of rotatable bonds is 6. The summed E-state index contributed by atoms with van der Waals surface area (Å²) < 4.78 is 5.65. The van der Waals surface area contributed by atoms with Gasteiger partial charge in [0.05, 0.1) is 12.2 Å². The highest BCUT2D eigenvalue weighted by Crippen LogP contribution is 2.27. The van der Waals surface area contributed by atoms with Crippen LogP contribution in [0.1, 0.15) is 24.0 Å². The van der Waals surface area contributed by atoms with Gasteiger partial charge >= 0.3 is 0 Å². The predicted molar refractivity (Wildman–Crippen MR) is 92.6 cm³/mol. The molecule has 0 bridgehead atoms. The van der Waals surface area contributed by atoms with Gasteiger partial charge in [-0.3, -0.25) is 4.90 Å². The van der Waals surface area contributed by atoms with Gasteiger partial charge in [0.15, 0.2) is 0 Å². The summed E-state index contributed by atoms with van der Waals surface area (Å²) >= 11 is 0. The average molecular weight is 311 g/mol. The molecule has 3 heteroatoms. The minimum atomic E-state index is -0.387. The number of aliphatic hydroxyl groups is 1. The molecular formula is C20H25NO2. The molecule has 3 nitrogen and oxygen atoms in total. The molecule has 2 aromatic carbocycles. The summed E-state index contributed by atoms with van der Waals surface area (Å²) in [5.41, 5.74) is 2.63. The quantitative estimate of drug-likeness (QED) is 0.890. The summed E-state index contributed by atoms with van der Waals surface area (Å²) in [6.07, 6.45) is -0.450. The Balaban J connectivity index is 1.78. The zero-order valence-corrected chi connectivity index (χ0v) is 13.6. The van der Waals surface area contributed by atoms with Crippen molar-refractivity contribution in [3.63, 3.8) is 0 Å². The van der Waals surface area contributed by atoms with Crippen LogP contribution in [0, 0.1) is 0 Å². The van der Waals surface area contributed by atoms with Crippen LogP contribution < -0.4 is 0 Å². The molecule has 2 atom stereocenters. The number of hydrogen-bond donors (Lipinski definition) is 1. The maximum Gasteiger partial charge on any atom is 0.0972 e. The topological polar surface area (TPSA) is 32.7 Å². The van der Waals surface area contributed by atoms with E-state index in [1.165, 1.54) is 11.1 Å². The van der Waals surface area contributed by atoms with Crippen molar-refractivity contribution < 1.29 is 9.84 Å². The third kappa shape index (κ3) is 3.99. The van der Waals surface area contributed by atoms with Crippen molar-refractivity contribution in [1.82, 2.24) is 4.90 Å². The fraction of sp³-hybridized carbons (Fsp3) is 0.400. The Bertz CT molecular complexity index is 548. The van der Waals surface area contributed by atoms with Crippen molar-refractivity contribution in [3.05, 3.63) is 71.8 Å². The Labute approximate surface area is 138 Å². The van der Waals surface area contributed by atoms with E-state index in [1.54, 1.807) is 0 Å². The number of aliphatic hydroxyl groups excluding tert-OH is 1. The van der Waals surface area contributed by atoms with Crippen molar-refractivity contribution in [2.45, 2.75) is 25.0 Å². The number of hydrogen-bond acceptors (Lipinski definition) is 3. The van der Waals surface area contributed by atoms with Crippen LogP contribution in [-0.4, -0.2) is 48.5 Å². The van der Waals surface area contributed by atoms with Gasteiger partial charge in [-0.05, 0) is 18.1 Å². The second kappa shape index (κ2) is 7.73. The van der Waals surface area contributed by atoms with Crippen LogP contribution in [-0.2, 0) is 4.74 Å². The van der Waals surface area contributed by atoms with Crippen molar-refractivity contribution in [3.8, 4) is 0 Å². The van der Waals surface area contributed by atoms with E-state index in [2.05, 4.69) is 65.6 Å². The zero-order valence-electron chi connectivity index (χ0n) is 13.6. The van der Waals surface area contributed by atoms with Gasteiger partial charge in [-0.1, -0.05) is 60.7 Å². The van der Waals surface area contributed by atoms with E-state index < -0.39 is 0 Å². The van der Waals surface area contributed by atoms with Crippen LogP contribution in [0.3, 0.4) is 0 Å². The van der Waals surface area contributed by atoms with Gasteiger partial charge < -0.3 is 9.84 Å². The standard InChI is InChI=1S/C20H25NO2/c1-2-23-20-15-21(14-19(20)22)13-18(16-9-5-3-6-10-16)17-11-7-4-8-12-17/h3-12,18-20,22H,2,13-15H2,1H3/t19-,20-/m1/s1. The number of ether oxygens (including phenoxy) is 1. The molecule has 1 aliphatic rings. The molecule has 1 saturated heterocycles. The lowest BCUT2D eigenvalue weighted by Crippen LogP contribution is -2.28. The molecule has 1 heterocycles. The van der Waals surface area contributed by atoms with Crippen LogP contribution in [0.25, 0.3) is 0 Å². The fourth-order valence-corrected chi connectivity index (χ4v) is 3.39. The first-order valence-corrected chi connectivity index (χ1v) is 8.40. The molecule has 1 aliphatic heterocycles. The molecule has 0 spiro atoms. The highest BCUT2D eigenvalue weighted by molar-refractivity contribution is 5.32. The molecule has 3 rings (SSSR count). The van der Waals surface area contributed by atoms with Crippen LogP contribution in [0.5, 0.6) is 0 Å². The van der Waals surface area contributed by atoms with Gasteiger partial charge in [-0.2, -0.15) is 0 Å². The maximum absolute atomic E-state index is 10.2. The molecule has 0 radical (unpaired) electrons. The van der Waals surface area contributed by atoms with E-state index in [4.69, 9.17) is 4.74 Å². The van der Waals surface area contributed by atoms with Crippen LogP contribution in [0.4, 0.5) is 0 Å². The largest absolute Gasteiger partial charge is 0.389 e. The van der Waals surface area contributed by atoms with E-state index in [-0.39, 0.29) is 12.2 Å². The minimum Gasteiger partial charge on any atom is -0.389 e. The summed E-state index contributed by atoms with van der Waals surface area (Å²) in [4.78, 5) is 2.32. The van der Waals surface area contributed by atoms with Crippen LogP contribution in [0.2, 0.25) is 0 Å². The van der Waals surface area contributed by atoms with E-state index >= 15 is 0 Å². The number of β-amino-alcohol motifs (C(OH)–C–C–N with tert-alkyl or cyclic N) is 1. The Morgan fingerprint density at radius 2 is 1.57 bits per heavy atom. The average Bonchev–Trinajstić information content (AvgIpc) is 2.94. The van der Waals surface area contributed by atoms with Gasteiger partial charge in [-0.25, -0.2) is 0 Å². The lowest BCUT2D eigenvalue weighted by Gasteiger charge is -2.24. The van der Waals surface area contributed by atoms with Gasteiger partial charge in [0.1, 0.15) is 0 Å². The molecular weight excluding hydrogens is 286 g/mol. The van der Waals surface area contributed by atoms with E-state index in [1.807, 2.05) is 6.92 Å². The van der Waals surface area contributed by atoms with Crippen LogP contribution >= 0.6 is 0 Å². The Hall–Kier alpha value is -1.68. The monoisotopic (exact) mass is 311 g/mol. The normalized spacial score (nSPS) is 21.9. The van der Waals surface area contributed by atoms with Crippen molar-refractivity contribution in [2.24, 2.45) is 0 Å². The summed E-state index contributed by atoms with van der Waals surface area (Å²) in [6, 6.07) is 21.2. The van der Waals surface area contributed by atoms with Gasteiger partial charge in [0, 0.05) is 32.2 Å². The molecule has 2 aromatic rings. The fourth-order valence-electron chi connectivity index (χ4n) is 3.39. The Kier molecular flexibility index (Phi) is 5.44. The number of nitrogens with zero attached hydrogens (tertiary/aromatic N) is 1. The van der Waals surface area contributed by atoms with Crippen LogP contribution in [0.15, 0.2) is 60.7 Å². The van der Waals surface area contributed by atoms with Gasteiger partial charge in [-0.15, -0.1) is 0 Å². The highest BCUT2D eigenvalue weighted by atomic mass is 16.5. The van der Waals surface area contributed by atoms with E-state index in [9.17, 15) is 5.11 Å². The molecule has 0 saturated carbocycles. The third-order valence-corrected chi connectivity index (χ3v) is 4.54. The molecule has 23 heavy (non-hydrogen) atoms.